The van der Waals surface area contributed by atoms with E-state index in [0.29, 0.717) is 6.42 Å². The van der Waals surface area contributed by atoms with Gasteiger partial charge in [0.05, 0.1) is 29.9 Å². The van der Waals surface area contributed by atoms with Gasteiger partial charge in [0.2, 0.25) is 11.6 Å². The molecule has 6 unspecified atom stereocenters. The van der Waals surface area contributed by atoms with Gasteiger partial charge in [-0.3, -0.25) is 19.2 Å². The molecule has 254 valence electrons. The smallest absolute Gasteiger partial charge is 0.306 e. The number of phenolic OH excluding ortho intramolecular Hbond substituents is 2. The molecular weight excluding hydrogens is 614 g/mol. The van der Waals surface area contributed by atoms with Crippen molar-refractivity contribution in [2.75, 3.05) is 27.8 Å². The molecule has 13 nitrogen and oxygen atoms in total. The number of benzene rings is 2. The summed E-state index contributed by atoms with van der Waals surface area (Å²) in [4.78, 5) is 55.2. The Morgan fingerprint density at radius 3 is 2.45 bits per heavy atom. The standard InChI is InChI=1S/C34H41NO12/c1-6-7-11-23(37)45-15-22(36)34(43)13-18-26(21(14-34)46-24-12-19(35(3)4)16(2)33(42)47-24)32(41)28-27(30(18)39)29(38)17-9-8-10-20(44-5)25(17)31(28)40/h8-10,16,19,21,24,33,39,41-43H,6-7,11-15H2,1-5H3. The SMILES string of the molecule is CCCCC(=O)OCC(=O)C1(O)Cc2c(O)c3c(c(O)c2C(OC2CC(N(C)C)C(C)C(O)O2)C1)C(=O)c1c(OC)cccc1C3=O. The van der Waals surface area contributed by atoms with E-state index in [-0.39, 0.29) is 52.8 Å². The van der Waals surface area contributed by atoms with Crippen molar-refractivity contribution in [3.8, 4) is 17.2 Å². The number of rotatable bonds is 10. The minimum atomic E-state index is -2.29. The number of nitrogens with zero attached hydrogens (tertiary/aromatic N) is 1. The quantitative estimate of drug-likeness (QED) is 0.184. The molecule has 1 fully saturated rings. The number of ether oxygens (including phenoxy) is 4. The first-order chi connectivity index (χ1) is 22.2. The van der Waals surface area contributed by atoms with E-state index in [1.165, 1.54) is 25.3 Å². The van der Waals surface area contributed by atoms with Gasteiger partial charge in [-0.25, -0.2) is 0 Å². The van der Waals surface area contributed by atoms with Crippen molar-refractivity contribution in [2.45, 2.75) is 82.7 Å². The molecule has 3 aliphatic rings. The second-order valence-corrected chi connectivity index (χ2v) is 12.7. The zero-order chi connectivity index (χ0) is 34.4. The zero-order valence-corrected chi connectivity index (χ0v) is 27.1. The number of aromatic hydroxyl groups is 2. The lowest BCUT2D eigenvalue weighted by Gasteiger charge is -2.44. The van der Waals surface area contributed by atoms with Crippen LogP contribution in [-0.2, 0) is 30.2 Å². The summed E-state index contributed by atoms with van der Waals surface area (Å²) in [5.74, 6) is -4.62. The maximum absolute atomic E-state index is 13.9. The summed E-state index contributed by atoms with van der Waals surface area (Å²) in [6.45, 7) is 2.94. The Bertz CT molecular complexity index is 1600. The average Bonchev–Trinajstić information content (AvgIpc) is 3.03. The number of aliphatic hydroxyl groups is 2. The highest BCUT2D eigenvalue weighted by molar-refractivity contribution is 6.31. The molecule has 13 heteroatoms. The number of hydrogen-bond acceptors (Lipinski definition) is 13. The van der Waals surface area contributed by atoms with E-state index in [2.05, 4.69) is 0 Å². The maximum Gasteiger partial charge on any atom is 0.306 e. The molecule has 0 amide bonds. The number of carbonyl (C=O) groups excluding carboxylic acids is 4. The lowest BCUT2D eigenvalue weighted by atomic mass is 9.72. The Morgan fingerprint density at radius 1 is 1.09 bits per heavy atom. The van der Waals surface area contributed by atoms with Gasteiger partial charge in [0.1, 0.15) is 22.8 Å². The van der Waals surface area contributed by atoms with Crippen LogP contribution in [0.2, 0.25) is 0 Å². The van der Waals surface area contributed by atoms with Crippen LogP contribution in [0, 0.1) is 5.92 Å². The van der Waals surface area contributed by atoms with Crippen molar-refractivity contribution in [3.05, 3.63) is 51.6 Å². The molecule has 2 aromatic rings. The van der Waals surface area contributed by atoms with Gasteiger partial charge >= 0.3 is 5.97 Å². The monoisotopic (exact) mass is 655 g/mol. The minimum Gasteiger partial charge on any atom is -0.507 e. The van der Waals surface area contributed by atoms with Gasteiger partial charge in [0, 0.05) is 54.3 Å². The summed E-state index contributed by atoms with van der Waals surface area (Å²) >= 11 is 0. The Kier molecular flexibility index (Phi) is 9.76. The molecule has 47 heavy (non-hydrogen) atoms. The van der Waals surface area contributed by atoms with E-state index in [1.807, 2.05) is 32.8 Å². The summed E-state index contributed by atoms with van der Waals surface area (Å²) in [6, 6.07) is 4.18. The third kappa shape index (κ3) is 6.14. The topological polar surface area (TPSA) is 189 Å². The Labute approximate surface area is 272 Å². The van der Waals surface area contributed by atoms with Crippen LogP contribution >= 0.6 is 0 Å². The number of fused-ring (bicyclic) bond motifs is 3. The molecule has 6 atom stereocenters. The second kappa shape index (κ2) is 13.3. The molecule has 5 rings (SSSR count). The van der Waals surface area contributed by atoms with Gasteiger partial charge in [-0.1, -0.05) is 32.4 Å². The Balaban J connectivity index is 1.60. The van der Waals surface area contributed by atoms with Gasteiger partial charge in [0.25, 0.3) is 0 Å². The van der Waals surface area contributed by atoms with Gasteiger partial charge in [0.15, 0.2) is 25.0 Å². The van der Waals surface area contributed by atoms with E-state index >= 15 is 0 Å². The van der Waals surface area contributed by atoms with Crippen LogP contribution in [0.15, 0.2) is 18.2 Å². The van der Waals surface area contributed by atoms with Crippen LogP contribution in [0.1, 0.15) is 95.0 Å². The highest BCUT2D eigenvalue weighted by Crippen LogP contribution is 2.52. The van der Waals surface area contributed by atoms with E-state index in [4.69, 9.17) is 18.9 Å². The Hall–Kier alpha value is -3.88. The molecule has 0 aromatic heterocycles. The largest absolute Gasteiger partial charge is 0.507 e. The van der Waals surface area contributed by atoms with Crippen LogP contribution in [-0.4, -0.2) is 101 Å². The molecule has 0 bridgehead atoms. The first kappa shape index (κ1) is 34.5. The summed E-state index contributed by atoms with van der Waals surface area (Å²) in [5.41, 5.74) is -3.69. The maximum atomic E-state index is 13.9. The third-order valence-electron chi connectivity index (χ3n) is 9.45. The molecule has 2 aromatic carbocycles. The number of aliphatic hydroxyl groups excluding tert-OH is 1. The number of esters is 1. The number of Topliss-reactive ketones (excluding diaryl/α,β-unsaturated/α-hetero) is 1. The summed E-state index contributed by atoms with van der Waals surface area (Å²) in [6.07, 6.45) is -3.16. The number of ketones is 3. The van der Waals surface area contributed by atoms with Crippen molar-refractivity contribution >= 4 is 23.3 Å². The van der Waals surface area contributed by atoms with Gasteiger partial charge < -0.3 is 44.3 Å². The zero-order valence-electron chi connectivity index (χ0n) is 27.1. The molecule has 4 N–H and O–H groups in total. The van der Waals surface area contributed by atoms with Crippen LogP contribution < -0.4 is 4.74 Å². The number of carbonyl (C=O) groups is 4. The van der Waals surface area contributed by atoms with Crippen molar-refractivity contribution in [1.29, 1.82) is 0 Å². The van der Waals surface area contributed by atoms with Crippen LogP contribution in [0.5, 0.6) is 17.2 Å². The van der Waals surface area contributed by atoms with Crippen molar-refractivity contribution < 1.29 is 58.6 Å². The summed E-state index contributed by atoms with van der Waals surface area (Å²) < 4.78 is 22.4. The fourth-order valence-electron chi connectivity index (χ4n) is 6.81. The molecule has 2 aliphatic carbocycles. The highest BCUT2D eigenvalue weighted by Gasteiger charge is 2.50. The van der Waals surface area contributed by atoms with Gasteiger partial charge in [-0.05, 0) is 26.6 Å². The van der Waals surface area contributed by atoms with Crippen LogP contribution in [0.25, 0.3) is 0 Å². The van der Waals surface area contributed by atoms with Crippen LogP contribution in [0.4, 0.5) is 0 Å². The second-order valence-electron chi connectivity index (χ2n) is 12.7. The number of hydrogen-bond donors (Lipinski definition) is 4. The molecule has 1 aliphatic heterocycles. The van der Waals surface area contributed by atoms with Crippen LogP contribution in [0.3, 0.4) is 0 Å². The van der Waals surface area contributed by atoms with Crippen molar-refractivity contribution in [2.24, 2.45) is 5.92 Å². The lowest BCUT2D eigenvalue weighted by Crippen LogP contribution is -2.51. The normalized spacial score (nSPS) is 26.8. The molecule has 0 saturated carbocycles. The molecule has 0 radical (unpaired) electrons. The van der Waals surface area contributed by atoms with E-state index in [0.717, 1.165) is 6.42 Å². The van der Waals surface area contributed by atoms with Gasteiger partial charge in [-0.15, -0.1) is 0 Å². The lowest BCUT2D eigenvalue weighted by molar-refractivity contribution is -0.296. The van der Waals surface area contributed by atoms with Crippen molar-refractivity contribution in [1.82, 2.24) is 4.90 Å². The fraction of sp³-hybridized carbons (Fsp3) is 0.529. The summed E-state index contributed by atoms with van der Waals surface area (Å²) in [5, 5.41) is 45.8. The predicted octanol–water partition coefficient (Wildman–Crippen LogP) is 2.55. The number of unbranched alkanes of at least 4 members (excludes halogenated alkanes) is 1. The fourth-order valence-corrected chi connectivity index (χ4v) is 6.81. The predicted molar refractivity (Wildman–Crippen MR) is 164 cm³/mol. The van der Waals surface area contributed by atoms with E-state index in [1.54, 1.807) is 0 Å². The highest BCUT2D eigenvalue weighted by atomic mass is 16.7. The van der Waals surface area contributed by atoms with E-state index < -0.39 is 89.7 Å². The number of methoxy groups -OCH3 is 1. The first-order valence-corrected chi connectivity index (χ1v) is 15.7. The van der Waals surface area contributed by atoms with E-state index in [9.17, 15) is 39.6 Å². The molecule has 1 saturated heterocycles. The molecular formula is C34H41NO12. The number of phenols is 2. The van der Waals surface area contributed by atoms with Crippen molar-refractivity contribution in [3.63, 3.8) is 0 Å². The summed E-state index contributed by atoms with van der Waals surface area (Å²) in [7, 11) is 4.99. The minimum absolute atomic E-state index is 0.0566. The Morgan fingerprint density at radius 2 is 1.79 bits per heavy atom. The molecule has 1 heterocycles. The first-order valence-electron chi connectivity index (χ1n) is 15.7. The third-order valence-corrected chi connectivity index (χ3v) is 9.45. The molecule has 0 spiro atoms. The average molecular weight is 656 g/mol. The van der Waals surface area contributed by atoms with Gasteiger partial charge in [-0.2, -0.15) is 0 Å².